The third kappa shape index (κ3) is 6.29. The second kappa shape index (κ2) is 13.0. The topological polar surface area (TPSA) is 59.3 Å². The van der Waals surface area contributed by atoms with Gasteiger partial charge in [0, 0.05) is 62.4 Å². The summed E-state index contributed by atoms with van der Waals surface area (Å²) in [5, 5.41) is 2.23. The second-order valence-corrected chi connectivity index (χ2v) is 14.9. The van der Waals surface area contributed by atoms with Gasteiger partial charge in [-0.15, -0.1) is 48.1 Å². The summed E-state index contributed by atoms with van der Waals surface area (Å²) in [7, 11) is 0. The van der Waals surface area contributed by atoms with E-state index in [1.54, 1.807) is 0 Å². The molecule has 0 saturated heterocycles. The molecule has 8 rings (SSSR count). The predicted octanol–water partition coefficient (Wildman–Crippen LogP) is 10.7. The van der Waals surface area contributed by atoms with E-state index >= 15 is 0 Å². The minimum Gasteiger partial charge on any atom is -0.509 e. The van der Waals surface area contributed by atoms with Gasteiger partial charge in [-0.05, 0) is 64.1 Å². The van der Waals surface area contributed by atoms with Gasteiger partial charge < -0.3 is 19.1 Å². The molecule has 0 radical (unpaired) electrons. The van der Waals surface area contributed by atoms with Gasteiger partial charge >= 0.3 is 0 Å². The van der Waals surface area contributed by atoms with E-state index in [0.717, 1.165) is 56.1 Å². The first-order valence-corrected chi connectivity index (χ1v) is 16.9. The molecule has 1 aliphatic heterocycles. The Balaban J connectivity index is 0.00000406. The maximum atomic E-state index is 6.49. The van der Waals surface area contributed by atoms with E-state index < -0.39 is 0 Å². The van der Waals surface area contributed by atoms with E-state index in [4.69, 9.17) is 14.7 Å². The molecule has 0 aliphatic carbocycles. The molecule has 8 heteroatoms. The first-order chi connectivity index (χ1) is 24.0. The van der Waals surface area contributed by atoms with Crippen LogP contribution in [-0.4, -0.2) is 19.5 Å². The van der Waals surface area contributed by atoms with E-state index in [-0.39, 0.29) is 31.9 Å². The van der Waals surface area contributed by atoms with Crippen molar-refractivity contribution in [3.8, 4) is 17.3 Å². The number of pyridine rings is 3. The molecular formula is C43H39N6OPt-3. The average molecular weight is 851 g/mol. The summed E-state index contributed by atoms with van der Waals surface area (Å²) < 4.78 is 8.67. The monoisotopic (exact) mass is 850 g/mol. The van der Waals surface area contributed by atoms with Crippen molar-refractivity contribution in [2.45, 2.75) is 59.3 Å². The normalized spacial score (nSPS) is 13.1. The van der Waals surface area contributed by atoms with Crippen molar-refractivity contribution in [3.05, 3.63) is 139 Å². The number of nitrogens with zero attached hydrogens (tertiary/aromatic N) is 6. The van der Waals surface area contributed by atoms with Crippen LogP contribution >= 0.6 is 0 Å². The number of rotatable bonds is 5. The Morgan fingerprint density at radius 3 is 2.25 bits per heavy atom. The molecule has 1 aliphatic rings. The number of ether oxygens (including phenoxy) is 1. The molecule has 7 aromatic rings. The van der Waals surface area contributed by atoms with E-state index in [2.05, 4.69) is 128 Å². The summed E-state index contributed by atoms with van der Waals surface area (Å²) in [4.78, 5) is 18.3. The van der Waals surface area contributed by atoms with Crippen LogP contribution in [0.25, 0.3) is 27.6 Å². The standard InChI is InChI=1S/C43H39N6O.Pt/c1-28-21-30(43(5,6)7)25-46-41(28)48-27-47(37-18-19-44-26-39(37)48)31-11-10-12-32(23-31)50-33-15-16-35-34-13-8-9-14-36(34)49(38(35)24-33)40-22-29(17-20-45-40)42(2,3)4;/h8-22,25-27H,1-7H3;/q-3;. The van der Waals surface area contributed by atoms with Crippen LogP contribution in [0.1, 0.15) is 58.2 Å². The first kappa shape index (κ1) is 34.4. The van der Waals surface area contributed by atoms with Crippen molar-refractivity contribution < 1.29 is 25.8 Å². The van der Waals surface area contributed by atoms with Crippen LogP contribution in [-0.2, 0) is 31.9 Å². The zero-order chi connectivity index (χ0) is 34.8. The minimum absolute atomic E-state index is 0. The van der Waals surface area contributed by atoms with Crippen LogP contribution in [0.15, 0.2) is 104 Å². The molecule has 0 N–H and O–H groups in total. The van der Waals surface area contributed by atoms with Crippen molar-refractivity contribution >= 4 is 44.7 Å². The van der Waals surface area contributed by atoms with Crippen molar-refractivity contribution in [3.63, 3.8) is 0 Å². The summed E-state index contributed by atoms with van der Waals surface area (Å²) in [6.07, 6.45) is 7.54. The second-order valence-electron chi connectivity index (χ2n) is 14.9. The van der Waals surface area contributed by atoms with E-state index in [1.807, 2.05) is 61.8 Å². The number of hydrogen-bond donors (Lipinski definition) is 0. The molecule has 4 aromatic heterocycles. The molecule has 5 heterocycles. The summed E-state index contributed by atoms with van der Waals surface area (Å²) in [6, 6.07) is 34.0. The number of aromatic nitrogens is 4. The number of para-hydroxylation sites is 1. The first-order valence-electron chi connectivity index (χ1n) is 16.9. The molecule has 0 bridgehead atoms. The molecule has 260 valence electrons. The Morgan fingerprint density at radius 1 is 0.686 bits per heavy atom. The van der Waals surface area contributed by atoms with Gasteiger partial charge in [0.25, 0.3) is 0 Å². The summed E-state index contributed by atoms with van der Waals surface area (Å²) in [5.41, 5.74) is 8.25. The third-order valence-corrected chi connectivity index (χ3v) is 9.30. The molecule has 0 atom stereocenters. The molecule has 0 unspecified atom stereocenters. The smallest absolute Gasteiger partial charge is 0.135 e. The maximum Gasteiger partial charge on any atom is 0.135 e. The zero-order valence-corrected chi connectivity index (χ0v) is 32.1. The Kier molecular flexibility index (Phi) is 8.75. The minimum atomic E-state index is -0.0116. The SMILES string of the molecule is Cc1cc(C(C)(C)C)cnc1N1[CH-]N(c2[c-]c(Oc3[c-]c4c(cc3)c3ccccc3n4-c3cc(C(C)(C)C)ccn3)ccc2)c2ccncc21.[Pt]. The van der Waals surface area contributed by atoms with E-state index in [1.165, 1.54) is 11.1 Å². The van der Waals surface area contributed by atoms with Gasteiger partial charge in [-0.25, -0.2) is 9.97 Å². The zero-order valence-electron chi connectivity index (χ0n) is 29.8. The molecule has 7 nitrogen and oxygen atoms in total. The number of anilines is 4. The van der Waals surface area contributed by atoms with Gasteiger partial charge in [-0.2, -0.15) is 12.1 Å². The van der Waals surface area contributed by atoms with Gasteiger partial charge in [-0.3, -0.25) is 4.98 Å². The van der Waals surface area contributed by atoms with Crippen molar-refractivity contribution in [2.24, 2.45) is 0 Å². The predicted molar refractivity (Wildman–Crippen MR) is 202 cm³/mol. The third-order valence-electron chi connectivity index (χ3n) is 9.30. The largest absolute Gasteiger partial charge is 0.509 e. The van der Waals surface area contributed by atoms with E-state index in [0.29, 0.717) is 11.5 Å². The fourth-order valence-electron chi connectivity index (χ4n) is 6.53. The van der Waals surface area contributed by atoms with Gasteiger partial charge in [-0.1, -0.05) is 71.3 Å². The van der Waals surface area contributed by atoms with Gasteiger partial charge in [0.1, 0.15) is 11.6 Å². The fourth-order valence-corrected chi connectivity index (χ4v) is 6.53. The average Bonchev–Trinajstić information content (AvgIpc) is 3.64. The Bertz CT molecular complexity index is 2400. The van der Waals surface area contributed by atoms with Crippen molar-refractivity contribution in [2.75, 3.05) is 9.80 Å². The number of benzene rings is 3. The van der Waals surface area contributed by atoms with Gasteiger partial charge in [0.15, 0.2) is 0 Å². The summed E-state index contributed by atoms with van der Waals surface area (Å²) in [6.45, 7) is 17.4. The van der Waals surface area contributed by atoms with Crippen LogP contribution < -0.4 is 14.5 Å². The van der Waals surface area contributed by atoms with Crippen LogP contribution in [0.2, 0.25) is 0 Å². The summed E-state index contributed by atoms with van der Waals surface area (Å²) >= 11 is 0. The Labute approximate surface area is 314 Å². The molecule has 0 amide bonds. The van der Waals surface area contributed by atoms with Crippen LogP contribution in [0, 0.1) is 25.7 Å². The number of fused-ring (bicyclic) bond motifs is 4. The number of hydrogen-bond acceptors (Lipinski definition) is 6. The molecule has 0 fully saturated rings. The van der Waals surface area contributed by atoms with Crippen LogP contribution in [0.4, 0.5) is 22.9 Å². The Morgan fingerprint density at radius 2 is 1.47 bits per heavy atom. The molecule has 51 heavy (non-hydrogen) atoms. The maximum absolute atomic E-state index is 6.49. The molecule has 3 aromatic carbocycles. The van der Waals surface area contributed by atoms with Gasteiger partial charge in [0.2, 0.25) is 0 Å². The molecule has 0 spiro atoms. The Hall–Kier alpha value is -5.00. The quantitative estimate of drug-likeness (QED) is 0.161. The molecule has 0 saturated carbocycles. The van der Waals surface area contributed by atoms with Crippen molar-refractivity contribution in [1.29, 1.82) is 0 Å². The summed E-state index contributed by atoms with van der Waals surface area (Å²) in [5.74, 6) is 2.89. The van der Waals surface area contributed by atoms with Crippen molar-refractivity contribution in [1.82, 2.24) is 19.5 Å². The fraction of sp³-hybridized carbons (Fsp3) is 0.209. The van der Waals surface area contributed by atoms with Crippen LogP contribution in [0.3, 0.4) is 0 Å². The van der Waals surface area contributed by atoms with Gasteiger partial charge in [0.05, 0.1) is 11.9 Å². The van der Waals surface area contributed by atoms with Crippen LogP contribution in [0.5, 0.6) is 11.5 Å². The number of aryl methyl sites for hydroxylation is 1. The molecular weight excluding hydrogens is 812 g/mol. The van der Waals surface area contributed by atoms with E-state index in [9.17, 15) is 0 Å².